The number of aliphatic hydroxyl groups excluding tert-OH is 1. The predicted molar refractivity (Wildman–Crippen MR) is 79.5 cm³/mol. The maximum absolute atomic E-state index is 11.2. The van der Waals surface area contributed by atoms with Crippen LogP contribution in [-0.4, -0.2) is 46.2 Å². The van der Waals surface area contributed by atoms with Crippen molar-refractivity contribution in [3.63, 3.8) is 0 Å². The zero-order valence-corrected chi connectivity index (χ0v) is 12.2. The first-order chi connectivity index (χ1) is 10.2. The first-order valence-electron chi connectivity index (χ1n) is 7.26. The minimum Gasteiger partial charge on any atom is -0.396 e. The van der Waals surface area contributed by atoms with E-state index in [1.54, 1.807) is 0 Å². The van der Waals surface area contributed by atoms with Crippen LogP contribution in [0.3, 0.4) is 0 Å². The second-order valence-corrected chi connectivity index (χ2v) is 5.16. The van der Waals surface area contributed by atoms with Gasteiger partial charge in [0.25, 0.3) is 0 Å². The van der Waals surface area contributed by atoms with E-state index in [0.29, 0.717) is 30.8 Å². The summed E-state index contributed by atoms with van der Waals surface area (Å²) >= 11 is 0. The van der Waals surface area contributed by atoms with Gasteiger partial charge in [0, 0.05) is 26.2 Å². The van der Waals surface area contributed by atoms with Crippen molar-refractivity contribution in [2.75, 3.05) is 36.5 Å². The quantitative estimate of drug-likeness (QED) is 0.604. The lowest BCUT2D eigenvalue weighted by Gasteiger charge is -2.33. The van der Waals surface area contributed by atoms with Crippen LogP contribution >= 0.6 is 0 Å². The highest BCUT2D eigenvalue weighted by Gasteiger charge is 2.27. The summed E-state index contributed by atoms with van der Waals surface area (Å²) in [5.74, 6) is 1.12. The molecule has 1 aromatic heterocycles. The zero-order valence-electron chi connectivity index (χ0n) is 12.2. The van der Waals surface area contributed by atoms with Gasteiger partial charge in [0.05, 0.1) is 4.92 Å². The smallest absolute Gasteiger partial charge is 0.329 e. The molecule has 116 valence electrons. The molecule has 1 fully saturated rings. The molecular weight excluding hydrogens is 274 g/mol. The van der Waals surface area contributed by atoms with Gasteiger partial charge in [0.2, 0.25) is 11.8 Å². The number of nitrogens with one attached hydrogen (secondary N) is 1. The van der Waals surface area contributed by atoms with Crippen molar-refractivity contribution in [3.8, 4) is 0 Å². The van der Waals surface area contributed by atoms with Gasteiger partial charge in [-0.15, -0.1) is 0 Å². The number of anilines is 2. The van der Waals surface area contributed by atoms with Crippen molar-refractivity contribution in [3.05, 3.63) is 16.3 Å². The Morgan fingerprint density at radius 3 is 3.10 bits per heavy atom. The van der Waals surface area contributed by atoms with Crippen molar-refractivity contribution in [2.24, 2.45) is 5.92 Å². The molecule has 0 aromatic carbocycles. The van der Waals surface area contributed by atoms with E-state index in [-0.39, 0.29) is 12.3 Å². The predicted octanol–water partition coefficient (Wildman–Crippen LogP) is 1.42. The van der Waals surface area contributed by atoms with E-state index < -0.39 is 4.92 Å². The number of hydrogen-bond acceptors (Lipinski definition) is 7. The number of piperidine rings is 1. The second kappa shape index (κ2) is 7.16. The molecule has 0 amide bonds. The van der Waals surface area contributed by atoms with Gasteiger partial charge >= 0.3 is 5.69 Å². The lowest BCUT2D eigenvalue weighted by Crippen LogP contribution is -2.36. The number of nitro groups is 1. The van der Waals surface area contributed by atoms with E-state index >= 15 is 0 Å². The van der Waals surface area contributed by atoms with E-state index in [1.807, 2.05) is 11.8 Å². The maximum Gasteiger partial charge on any atom is 0.329 e. The molecule has 0 aliphatic carbocycles. The molecule has 2 N–H and O–H groups in total. The molecule has 1 atom stereocenters. The highest BCUT2D eigenvalue weighted by atomic mass is 16.6. The van der Waals surface area contributed by atoms with Gasteiger partial charge in [0.1, 0.15) is 6.20 Å². The normalized spacial score (nSPS) is 18.6. The van der Waals surface area contributed by atoms with E-state index in [9.17, 15) is 10.1 Å². The van der Waals surface area contributed by atoms with Crippen molar-refractivity contribution in [1.82, 2.24) is 9.97 Å². The van der Waals surface area contributed by atoms with E-state index in [1.165, 1.54) is 6.20 Å². The average Bonchev–Trinajstić information content (AvgIpc) is 2.48. The second-order valence-electron chi connectivity index (χ2n) is 5.16. The molecule has 8 heteroatoms. The van der Waals surface area contributed by atoms with Crippen LogP contribution in [0.2, 0.25) is 0 Å². The molecule has 8 nitrogen and oxygen atoms in total. The Balaban J connectivity index is 2.26. The maximum atomic E-state index is 11.2. The van der Waals surface area contributed by atoms with E-state index in [2.05, 4.69) is 15.3 Å². The van der Waals surface area contributed by atoms with Crippen LogP contribution in [0.4, 0.5) is 17.5 Å². The van der Waals surface area contributed by atoms with Crippen LogP contribution in [0.1, 0.15) is 26.2 Å². The summed E-state index contributed by atoms with van der Waals surface area (Å²) in [5, 5.41) is 23.2. The van der Waals surface area contributed by atoms with Crippen LogP contribution in [0, 0.1) is 16.0 Å². The Morgan fingerprint density at radius 1 is 1.62 bits per heavy atom. The third kappa shape index (κ3) is 3.78. The van der Waals surface area contributed by atoms with Crippen LogP contribution in [0.15, 0.2) is 6.20 Å². The summed E-state index contributed by atoms with van der Waals surface area (Å²) in [6.07, 6.45) is 3.96. The Labute approximate surface area is 123 Å². The van der Waals surface area contributed by atoms with Crippen LogP contribution in [-0.2, 0) is 0 Å². The van der Waals surface area contributed by atoms with Crippen LogP contribution in [0.25, 0.3) is 0 Å². The fraction of sp³-hybridized carbons (Fsp3) is 0.692. The summed E-state index contributed by atoms with van der Waals surface area (Å²) in [7, 11) is 0. The van der Waals surface area contributed by atoms with Gasteiger partial charge in [-0.2, -0.15) is 4.98 Å². The third-order valence-electron chi connectivity index (χ3n) is 3.64. The van der Waals surface area contributed by atoms with Gasteiger partial charge in [-0.3, -0.25) is 10.1 Å². The standard InChI is InChI=1S/C13H21N5O3/c1-2-14-13-15-8-11(18(20)21)12(16-13)17-6-3-4-10(9-17)5-7-19/h8,10,19H,2-7,9H2,1H3,(H,14,15,16). The van der Waals surface area contributed by atoms with Gasteiger partial charge in [-0.1, -0.05) is 0 Å². The number of hydrogen-bond donors (Lipinski definition) is 2. The van der Waals surface area contributed by atoms with Gasteiger partial charge < -0.3 is 15.3 Å². The number of aliphatic hydroxyl groups is 1. The summed E-state index contributed by atoms with van der Waals surface area (Å²) in [6.45, 7) is 4.15. The van der Waals surface area contributed by atoms with Gasteiger partial charge in [0.15, 0.2) is 0 Å². The Kier molecular flexibility index (Phi) is 5.26. The average molecular weight is 295 g/mol. The molecule has 0 spiro atoms. The molecule has 1 saturated heterocycles. The molecule has 0 bridgehead atoms. The number of aromatic nitrogens is 2. The molecule has 1 aliphatic heterocycles. The largest absolute Gasteiger partial charge is 0.396 e. The molecule has 1 unspecified atom stereocenters. The first kappa shape index (κ1) is 15.4. The molecule has 2 rings (SSSR count). The Hall–Kier alpha value is -1.96. The van der Waals surface area contributed by atoms with Crippen molar-refractivity contribution < 1.29 is 10.0 Å². The molecule has 0 saturated carbocycles. The molecule has 1 aromatic rings. The Morgan fingerprint density at radius 2 is 2.43 bits per heavy atom. The number of rotatable bonds is 6. The minimum absolute atomic E-state index is 0.0682. The third-order valence-corrected chi connectivity index (χ3v) is 3.64. The topological polar surface area (TPSA) is 104 Å². The molecule has 21 heavy (non-hydrogen) atoms. The highest BCUT2D eigenvalue weighted by Crippen LogP contribution is 2.30. The summed E-state index contributed by atoms with van der Waals surface area (Å²) in [4.78, 5) is 20.9. The lowest BCUT2D eigenvalue weighted by atomic mass is 9.95. The fourth-order valence-electron chi connectivity index (χ4n) is 2.65. The summed E-state index contributed by atoms with van der Waals surface area (Å²) < 4.78 is 0. The fourth-order valence-corrected chi connectivity index (χ4v) is 2.65. The van der Waals surface area contributed by atoms with Crippen molar-refractivity contribution in [2.45, 2.75) is 26.2 Å². The van der Waals surface area contributed by atoms with Crippen LogP contribution < -0.4 is 10.2 Å². The Bertz CT molecular complexity index is 495. The van der Waals surface area contributed by atoms with Crippen molar-refractivity contribution in [1.29, 1.82) is 0 Å². The van der Waals surface area contributed by atoms with Gasteiger partial charge in [-0.25, -0.2) is 4.98 Å². The summed E-state index contributed by atoms with van der Waals surface area (Å²) in [5.41, 5.74) is -0.0682. The van der Waals surface area contributed by atoms with Crippen molar-refractivity contribution >= 4 is 17.5 Å². The SMILES string of the molecule is CCNc1ncc([N+](=O)[O-])c(N2CCCC(CCO)C2)n1. The summed E-state index contributed by atoms with van der Waals surface area (Å²) in [6, 6.07) is 0. The van der Waals surface area contributed by atoms with E-state index in [0.717, 1.165) is 25.8 Å². The van der Waals surface area contributed by atoms with Gasteiger partial charge in [-0.05, 0) is 32.1 Å². The highest BCUT2D eigenvalue weighted by molar-refractivity contribution is 5.59. The molecule has 2 heterocycles. The monoisotopic (exact) mass is 295 g/mol. The van der Waals surface area contributed by atoms with Crippen LogP contribution in [0.5, 0.6) is 0 Å². The van der Waals surface area contributed by atoms with E-state index in [4.69, 9.17) is 5.11 Å². The first-order valence-corrected chi connectivity index (χ1v) is 7.26. The molecule has 0 radical (unpaired) electrons. The number of nitrogens with zero attached hydrogens (tertiary/aromatic N) is 4. The minimum atomic E-state index is -0.444. The zero-order chi connectivity index (χ0) is 15.2. The molecular formula is C13H21N5O3. The molecule has 1 aliphatic rings. The lowest BCUT2D eigenvalue weighted by molar-refractivity contribution is -0.384.